The first-order chi connectivity index (χ1) is 14.2. The van der Waals surface area contributed by atoms with Crippen LogP contribution in [0.25, 0.3) is 10.8 Å². The number of rotatable bonds is 5. The fourth-order valence-electron chi connectivity index (χ4n) is 3.45. The van der Waals surface area contributed by atoms with Crippen molar-refractivity contribution in [2.24, 2.45) is 4.99 Å². The molecule has 0 N–H and O–H groups in total. The summed E-state index contributed by atoms with van der Waals surface area (Å²) < 4.78 is 5.81. The van der Waals surface area contributed by atoms with Crippen molar-refractivity contribution >= 4 is 33.6 Å². The van der Waals surface area contributed by atoms with Crippen LogP contribution in [0.4, 0.5) is 0 Å². The van der Waals surface area contributed by atoms with E-state index in [1.165, 1.54) is 11.1 Å². The van der Waals surface area contributed by atoms with E-state index in [4.69, 9.17) is 4.74 Å². The van der Waals surface area contributed by atoms with Crippen molar-refractivity contribution in [2.45, 2.75) is 19.6 Å². The number of hydrogen-bond donors (Lipinski definition) is 0. The van der Waals surface area contributed by atoms with E-state index in [-0.39, 0.29) is 5.91 Å². The van der Waals surface area contributed by atoms with Crippen molar-refractivity contribution in [2.75, 3.05) is 19.7 Å². The molecule has 148 valence electrons. The topological polar surface area (TPSA) is 41.9 Å². The van der Waals surface area contributed by atoms with E-state index in [2.05, 4.69) is 36.2 Å². The number of aliphatic imine (C=N–C) groups is 1. The molecule has 0 atom stereocenters. The number of ether oxygens (including phenoxy) is 1. The molecule has 0 radical (unpaired) electrons. The monoisotopic (exact) mass is 404 g/mol. The van der Waals surface area contributed by atoms with Gasteiger partial charge in [-0.3, -0.25) is 14.7 Å². The molecule has 4 rings (SSSR count). The largest absolute Gasteiger partial charge is 0.493 e. The minimum atomic E-state index is -0.0436. The predicted molar refractivity (Wildman–Crippen MR) is 121 cm³/mol. The van der Waals surface area contributed by atoms with Gasteiger partial charge in [-0.1, -0.05) is 71.9 Å². The summed E-state index contributed by atoms with van der Waals surface area (Å²) in [5.41, 5.74) is 3.09. The number of nitrogens with zero attached hydrogens (tertiary/aromatic N) is 2. The minimum absolute atomic E-state index is 0.0436. The highest BCUT2D eigenvalue weighted by Crippen LogP contribution is 2.31. The van der Waals surface area contributed by atoms with E-state index in [1.807, 2.05) is 43.3 Å². The first-order valence-corrected chi connectivity index (χ1v) is 10.8. The van der Waals surface area contributed by atoms with E-state index in [1.54, 1.807) is 16.7 Å². The Balaban J connectivity index is 1.61. The van der Waals surface area contributed by atoms with Gasteiger partial charge in [-0.05, 0) is 36.2 Å². The van der Waals surface area contributed by atoms with Gasteiger partial charge >= 0.3 is 0 Å². The first kappa shape index (κ1) is 19.5. The maximum absolute atomic E-state index is 13.6. The third-order valence-electron chi connectivity index (χ3n) is 4.94. The second-order valence-corrected chi connectivity index (χ2v) is 7.93. The van der Waals surface area contributed by atoms with Crippen molar-refractivity contribution in [3.8, 4) is 5.75 Å². The SMILES string of the molecule is CCOc1ccc2ccccc2c1C(=O)N1CCN=C1SCc1ccc(C)cc1. The van der Waals surface area contributed by atoms with Crippen molar-refractivity contribution in [1.29, 1.82) is 0 Å². The molecule has 5 heteroatoms. The standard InChI is InChI=1S/C24H24N2O2S/c1-3-28-21-13-12-19-6-4-5-7-20(19)22(21)23(27)26-15-14-25-24(26)29-16-18-10-8-17(2)9-11-18/h4-13H,3,14-16H2,1-2H3. The number of aryl methyl sites for hydroxylation is 1. The Morgan fingerprint density at radius 1 is 1.10 bits per heavy atom. The molecular formula is C24H24N2O2S. The fourth-order valence-corrected chi connectivity index (χ4v) is 4.45. The molecule has 1 aliphatic heterocycles. The number of thioether (sulfide) groups is 1. The van der Waals surface area contributed by atoms with Crippen molar-refractivity contribution in [1.82, 2.24) is 4.90 Å². The molecule has 1 amide bonds. The van der Waals surface area contributed by atoms with Gasteiger partial charge in [0.15, 0.2) is 5.17 Å². The second kappa shape index (κ2) is 8.70. The molecule has 1 heterocycles. The lowest BCUT2D eigenvalue weighted by molar-refractivity contribution is 0.0858. The van der Waals surface area contributed by atoms with Crippen molar-refractivity contribution < 1.29 is 9.53 Å². The van der Waals surface area contributed by atoms with Crippen LogP contribution in [0, 0.1) is 6.92 Å². The Bertz CT molecular complexity index is 1060. The van der Waals surface area contributed by atoms with Gasteiger partial charge in [-0.15, -0.1) is 0 Å². The number of fused-ring (bicyclic) bond motifs is 1. The van der Waals surface area contributed by atoms with Crippen LogP contribution >= 0.6 is 11.8 Å². The number of hydrogen-bond acceptors (Lipinski definition) is 4. The number of carbonyl (C=O) groups excluding carboxylic acids is 1. The van der Waals surface area contributed by atoms with Crippen LogP contribution in [0.3, 0.4) is 0 Å². The lowest BCUT2D eigenvalue weighted by atomic mass is 10.0. The average molecular weight is 405 g/mol. The van der Waals surface area contributed by atoms with Gasteiger partial charge in [0, 0.05) is 12.3 Å². The van der Waals surface area contributed by atoms with E-state index in [9.17, 15) is 4.79 Å². The van der Waals surface area contributed by atoms with Gasteiger partial charge in [0.05, 0.1) is 18.7 Å². The summed E-state index contributed by atoms with van der Waals surface area (Å²) >= 11 is 1.61. The third-order valence-corrected chi connectivity index (χ3v) is 6.03. The van der Waals surface area contributed by atoms with Crippen LogP contribution in [-0.4, -0.2) is 35.7 Å². The van der Waals surface area contributed by atoms with Crippen LogP contribution in [0.5, 0.6) is 5.75 Å². The third kappa shape index (κ3) is 4.15. The lowest BCUT2D eigenvalue weighted by Crippen LogP contribution is -2.33. The van der Waals surface area contributed by atoms with Crippen LogP contribution in [-0.2, 0) is 5.75 Å². The summed E-state index contributed by atoms with van der Waals surface area (Å²) in [6.45, 7) is 5.77. The summed E-state index contributed by atoms with van der Waals surface area (Å²) in [4.78, 5) is 20.0. The van der Waals surface area contributed by atoms with Gasteiger partial charge < -0.3 is 4.74 Å². The van der Waals surface area contributed by atoms with E-state index >= 15 is 0 Å². The zero-order valence-electron chi connectivity index (χ0n) is 16.7. The van der Waals surface area contributed by atoms with Crippen LogP contribution in [0.15, 0.2) is 65.7 Å². The van der Waals surface area contributed by atoms with Gasteiger partial charge in [0.1, 0.15) is 5.75 Å². The highest BCUT2D eigenvalue weighted by molar-refractivity contribution is 8.13. The number of amidine groups is 1. The van der Waals surface area contributed by atoms with Crippen LogP contribution < -0.4 is 4.74 Å². The first-order valence-electron chi connectivity index (χ1n) is 9.86. The number of carbonyl (C=O) groups is 1. The Kier molecular flexibility index (Phi) is 5.86. The Hall–Kier alpha value is -2.79. The lowest BCUT2D eigenvalue weighted by Gasteiger charge is -2.21. The summed E-state index contributed by atoms with van der Waals surface area (Å²) in [5, 5.41) is 2.73. The highest BCUT2D eigenvalue weighted by atomic mass is 32.2. The summed E-state index contributed by atoms with van der Waals surface area (Å²) in [5.74, 6) is 1.38. The van der Waals surface area contributed by atoms with E-state index < -0.39 is 0 Å². The normalized spacial score (nSPS) is 13.6. The molecule has 0 aliphatic carbocycles. The molecule has 1 aliphatic rings. The molecular weight excluding hydrogens is 380 g/mol. The Labute approximate surface area is 175 Å². The van der Waals surface area contributed by atoms with E-state index in [0.717, 1.165) is 21.7 Å². The van der Waals surface area contributed by atoms with Crippen molar-refractivity contribution in [3.05, 3.63) is 77.4 Å². The molecule has 3 aromatic rings. The molecule has 0 fully saturated rings. The number of benzene rings is 3. The second-order valence-electron chi connectivity index (χ2n) is 6.99. The summed E-state index contributed by atoms with van der Waals surface area (Å²) in [6.07, 6.45) is 0. The molecule has 0 spiro atoms. The van der Waals surface area contributed by atoms with Crippen molar-refractivity contribution in [3.63, 3.8) is 0 Å². The molecule has 0 bridgehead atoms. The van der Waals surface area contributed by atoms with E-state index in [0.29, 0.717) is 31.0 Å². The zero-order valence-corrected chi connectivity index (χ0v) is 17.5. The molecule has 29 heavy (non-hydrogen) atoms. The van der Waals surface area contributed by atoms with Gasteiger partial charge in [0.2, 0.25) is 0 Å². The van der Waals surface area contributed by atoms with Crippen LogP contribution in [0.2, 0.25) is 0 Å². The fraction of sp³-hybridized carbons (Fsp3) is 0.250. The van der Waals surface area contributed by atoms with Gasteiger partial charge in [-0.2, -0.15) is 0 Å². The minimum Gasteiger partial charge on any atom is -0.493 e. The quantitative estimate of drug-likeness (QED) is 0.580. The Morgan fingerprint density at radius 2 is 1.90 bits per heavy atom. The highest BCUT2D eigenvalue weighted by Gasteiger charge is 2.28. The summed E-state index contributed by atoms with van der Waals surface area (Å²) in [7, 11) is 0. The summed E-state index contributed by atoms with van der Waals surface area (Å²) in [6, 6.07) is 20.3. The number of amides is 1. The smallest absolute Gasteiger partial charge is 0.264 e. The molecule has 0 unspecified atom stereocenters. The molecule has 4 nitrogen and oxygen atoms in total. The predicted octanol–water partition coefficient (Wildman–Crippen LogP) is 5.29. The Morgan fingerprint density at radius 3 is 2.69 bits per heavy atom. The molecule has 3 aromatic carbocycles. The zero-order chi connectivity index (χ0) is 20.2. The average Bonchev–Trinajstić information content (AvgIpc) is 3.21. The van der Waals surface area contributed by atoms with Gasteiger partial charge in [-0.25, -0.2) is 0 Å². The molecule has 0 saturated carbocycles. The molecule has 0 saturated heterocycles. The van der Waals surface area contributed by atoms with Crippen LogP contribution in [0.1, 0.15) is 28.4 Å². The van der Waals surface area contributed by atoms with Gasteiger partial charge in [0.25, 0.3) is 5.91 Å². The maximum atomic E-state index is 13.6. The maximum Gasteiger partial charge on any atom is 0.264 e. The molecule has 0 aromatic heterocycles.